The minimum atomic E-state index is 0.849. The summed E-state index contributed by atoms with van der Waals surface area (Å²) >= 11 is 0. The Bertz CT molecular complexity index is 300. The van der Waals surface area contributed by atoms with E-state index in [0.29, 0.717) is 0 Å². The van der Waals surface area contributed by atoms with Crippen molar-refractivity contribution in [2.75, 3.05) is 0 Å². The fourth-order valence-electron chi connectivity index (χ4n) is 5.01. The summed E-state index contributed by atoms with van der Waals surface area (Å²) in [6, 6.07) is 0.849. The standard InChI is InChI=1S/C15H23N/c1-2-6-11-10(5-1)9-14-15(11)12-7-3-4-8-13(12)16-14/h10-13,16H,1-9H2. The lowest BCUT2D eigenvalue weighted by Crippen LogP contribution is -2.35. The number of allylic oxidation sites excluding steroid dienone is 1. The van der Waals surface area contributed by atoms with Gasteiger partial charge < -0.3 is 5.32 Å². The third-order valence-corrected chi connectivity index (χ3v) is 5.65. The fourth-order valence-corrected chi connectivity index (χ4v) is 5.01. The van der Waals surface area contributed by atoms with Gasteiger partial charge in [0.05, 0.1) is 0 Å². The quantitative estimate of drug-likeness (QED) is 0.653. The molecule has 1 nitrogen and oxygen atoms in total. The van der Waals surface area contributed by atoms with Crippen LogP contribution in [0.15, 0.2) is 11.3 Å². The van der Waals surface area contributed by atoms with Crippen LogP contribution in [0.3, 0.4) is 0 Å². The van der Waals surface area contributed by atoms with E-state index in [1.165, 1.54) is 57.8 Å². The van der Waals surface area contributed by atoms with Crippen molar-refractivity contribution < 1.29 is 0 Å². The average Bonchev–Trinajstić information content (AvgIpc) is 2.83. The van der Waals surface area contributed by atoms with Crippen molar-refractivity contribution in [3.63, 3.8) is 0 Å². The van der Waals surface area contributed by atoms with E-state index >= 15 is 0 Å². The molecule has 0 bridgehead atoms. The zero-order valence-corrected chi connectivity index (χ0v) is 10.2. The summed E-state index contributed by atoms with van der Waals surface area (Å²) < 4.78 is 0. The molecule has 0 aromatic heterocycles. The molecule has 1 N–H and O–H groups in total. The summed E-state index contributed by atoms with van der Waals surface area (Å²) in [6.45, 7) is 0. The molecular weight excluding hydrogens is 194 g/mol. The molecule has 1 aliphatic heterocycles. The second-order valence-electron chi connectivity index (χ2n) is 6.43. The summed E-state index contributed by atoms with van der Waals surface area (Å²) in [7, 11) is 0. The fraction of sp³-hybridized carbons (Fsp3) is 0.867. The van der Waals surface area contributed by atoms with Crippen LogP contribution in [-0.4, -0.2) is 6.04 Å². The molecule has 88 valence electrons. The summed E-state index contributed by atoms with van der Waals surface area (Å²) in [5.74, 6) is 3.00. The Morgan fingerprint density at radius 3 is 2.50 bits per heavy atom. The summed E-state index contributed by atoms with van der Waals surface area (Å²) in [4.78, 5) is 0. The van der Waals surface area contributed by atoms with Crippen LogP contribution in [0.5, 0.6) is 0 Å². The Morgan fingerprint density at radius 2 is 1.56 bits per heavy atom. The molecule has 4 atom stereocenters. The van der Waals surface area contributed by atoms with E-state index in [1.54, 1.807) is 5.70 Å². The van der Waals surface area contributed by atoms with Gasteiger partial charge >= 0.3 is 0 Å². The van der Waals surface area contributed by atoms with Crippen molar-refractivity contribution in [2.45, 2.75) is 63.8 Å². The van der Waals surface area contributed by atoms with Gasteiger partial charge in [-0.3, -0.25) is 0 Å². The lowest BCUT2D eigenvalue weighted by Gasteiger charge is -2.35. The molecule has 0 aromatic carbocycles. The molecule has 0 saturated heterocycles. The molecule has 16 heavy (non-hydrogen) atoms. The van der Waals surface area contributed by atoms with Crippen LogP contribution >= 0.6 is 0 Å². The highest BCUT2D eigenvalue weighted by Crippen LogP contribution is 2.53. The smallest absolute Gasteiger partial charge is 0.0324 e. The normalized spacial score (nSPS) is 46.0. The van der Waals surface area contributed by atoms with Gasteiger partial charge in [-0.05, 0) is 49.5 Å². The van der Waals surface area contributed by atoms with E-state index in [4.69, 9.17) is 0 Å². The van der Waals surface area contributed by atoms with Gasteiger partial charge in [-0.2, -0.15) is 0 Å². The van der Waals surface area contributed by atoms with Gasteiger partial charge in [0, 0.05) is 17.7 Å². The zero-order valence-electron chi connectivity index (χ0n) is 10.2. The maximum atomic E-state index is 3.89. The maximum absolute atomic E-state index is 3.89. The molecule has 4 unspecified atom stereocenters. The predicted octanol–water partition coefficient (Wildman–Crippen LogP) is 3.61. The van der Waals surface area contributed by atoms with Crippen molar-refractivity contribution in [1.29, 1.82) is 0 Å². The minimum absolute atomic E-state index is 0.849. The molecule has 2 fully saturated rings. The molecule has 0 spiro atoms. The molecule has 3 aliphatic carbocycles. The first-order valence-corrected chi connectivity index (χ1v) is 7.43. The second kappa shape index (κ2) is 3.51. The third-order valence-electron chi connectivity index (χ3n) is 5.65. The summed E-state index contributed by atoms with van der Waals surface area (Å²) in [6.07, 6.45) is 13.3. The van der Waals surface area contributed by atoms with Crippen molar-refractivity contribution in [2.24, 2.45) is 17.8 Å². The van der Waals surface area contributed by atoms with Gasteiger partial charge in [0.2, 0.25) is 0 Å². The first-order valence-electron chi connectivity index (χ1n) is 7.43. The summed E-state index contributed by atoms with van der Waals surface area (Å²) in [5, 5.41) is 3.89. The van der Waals surface area contributed by atoms with Crippen LogP contribution in [0.1, 0.15) is 57.8 Å². The van der Waals surface area contributed by atoms with E-state index in [0.717, 1.165) is 23.8 Å². The highest BCUT2D eigenvalue weighted by Gasteiger charge is 2.46. The van der Waals surface area contributed by atoms with Gasteiger partial charge in [0.25, 0.3) is 0 Å². The second-order valence-corrected chi connectivity index (χ2v) is 6.43. The molecule has 2 saturated carbocycles. The van der Waals surface area contributed by atoms with Crippen LogP contribution in [0, 0.1) is 17.8 Å². The molecular formula is C15H23N. The van der Waals surface area contributed by atoms with E-state index in [-0.39, 0.29) is 0 Å². The van der Waals surface area contributed by atoms with Crippen LogP contribution in [-0.2, 0) is 0 Å². The Balaban J connectivity index is 1.63. The molecule has 1 heterocycles. The molecule has 0 amide bonds. The van der Waals surface area contributed by atoms with E-state index in [1.807, 2.05) is 5.57 Å². The SMILES string of the molecule is C1CCC2C3=C(CC2C1)NC1CCCCC31. The third kappa shape index (κ3) is 1.23. The molecule has 4 rings (SSSR count). The van der Waals surface area contributed by atoms with Gasteiger partial charge in [0.1, 0.15) is 0 Å². The van der Waals surface area contributed by atoms with E-state index in [2.05, 4.69) is 5.32 Å². The van der Waals surface area contributed by atoms with Crippen molar-refractivity contribution in [3.05, 3.63) is 11.3 Å². The lowest BCUT2D eigenvalue weighted by atomic mass is 9.72. The lowest BCUT2D eigenvalue weighted by molar-refractivity contribution is 0.241. The van der Waals surface area contributed by atoms with Gasteiger partial charge in [-0.25, -0.2) is 0 Å². The predicted molar refractivity (Wildman–Crippen MR) is 66.0 cm³/mol. The monoisotopic (exact) mass is 217 g/mol. The van der Waals surface area contributed by atoms with Crippen molar-refractivity contribution >= 4 is 0 Å². The Hall–Kier alpha value is -0.460. The van der Waals surface area contributed by atoms with Crippen molar-refractivity contribution in [1.82, 2.24) is 5.32 Å². The maximum Gasteiger partial charge on any atom is 0.0324 e. The van der Waals surface area contributed by atoms with Gasteiger partial charge in [-0.1, -0.05) is 25.7 Å². The molecule has 1 heteroatoms. The minimum Gasteiger partial charge on any atom is -0.385 e. The molecule has 0 radical (unpaired) electrons. The topological polar surface area (TPSA) is 12.0 Å². The highest BCUT2D eigenvalue weighted by molar-refractivity contribution is 5.33. The van der Waals surface area contributed by atoms with Crippen LogP contribution in [0.2, 0.25) is 0 Å². The van der Waals surface area contributed by atoms with Gasteiger partial charge in [0.15, 0.2) is 0 Å². The summed E-state index contributed by atoms with van der Waals surface area (Å²) in [5.41, 5.74) is 3.64. The number of nitrogens with one attached hydrogen (secondary N) is 1. The van der Waals surface area contributed by atoms with E-state index in [9.17, 15) is 0 Å². The largest absolute Gasteiger partial charge is 0.385 e. The van der Waals surface area contributed by atoms with Gasteiger partial charge in [-0.15, -0.1) is 0 Å². The first-order chi connectivity index (χ1) is 7.93. The van der Waals surface area contributed by atoms with Crippen LogP contribution in [0.25, 0.3) is 0 Å². The molecule has 0 aromatic rings. The van der Waals surface area contributed by atoms with Crippen LogP contribution in [0.4, 0.5) is 0 Å². The first kappa shape index (κ1) is 9.56. The Morgan fingerprint density at radius 1 is 0.812 bits per heavy atom. The Labute approximate surface area is 98.7 Å². The number of fused-ring (bicyclic) bond motifs is 4. The Kier molecular flexibility index (Phi) is 2.10. The number of hydrogen-bond acceptors (Lipinski definition) is 1. The highest BCUT2D eigenvalue weighted by atomic mass is 15.0. The number of hydrogen-bond donors (Lipinski definition) is 1. The van der Waals surface area contributed by atoms with Crippen LogP contribution < -0.4 is 5.32 Å². The average molecular weight is 217 g/mol. The van der Waals surface area contributed by atoms with E-state index < -0.39 is 0 Å². The zero-order chi connectivity index (χ0) is 10.5. The number of rotatable bonds is 0. The molecule has 4 aliphatic rings. The van der Waals surface area contributed by atoms with Crippen molar-refractivity contribution in [3.8, 4) is 0 Å².